The number of phenols is 1. The van der Waals surface area contributed by atoms with Crippen molar-refractivity contribution in [2.45, 2.75) is 6.04 Å². The maximum absolute atomic E-state index is 13.0. The zero-order chi connectivity index (χ0) is 11.6. The lowest BCUT2D eigenvalue weighted by molar-refractivity contribution is 0.0696. The molecule has 1 aromatic carbocycles. The van der Waals surface area contributed by atoms with E-state index in [9.17, 15) is 14.3 Å². The van der Waals surface area contributed by atoms with E-state index in [2.05, 4.69) is 0 Å². The number of hydrogen-bond acceptors (Lipinski definition) is 4. The third-order valence-electron chi connectivity index (χ3n) is 1.94. The molecule has 0 saturated carbocycles. The molecule has 90 valence electrons. The van der Waals surface area contributed by atoms with Gasteiger partial charge in [-0.05, 0) is 12.1 Å². The van der Waals surface area contributed by atoms with Crippen LogP contribution in [0.25, 0.3) is 0 Å². The number of aliphatic hydroxyl groups excluding tert-OH is 1. The van der Waals surface area contributed by atoms with E-state index in [1.54, 1.807) is 0 Å². The molecule has 0 aliphatic rings. The van der Waals surface area contributed by atoms with Crippen LogP contribution < -0.4 is 5.73 Å². The largest absolute Gasteiger partial charge is 0.505 e. The van der Waals surface area contributed by atoms with Gasteiger partial charge >= 0.3 is 5.97 Å². The van der Waals surface area contributed by atoms with E-state index in [1.165, 1.54) is 0 Å². The Labute approximate surface area is 96.7 Å². The quantitative estimate of drug-likeness (QED) is 0.631. The molecule has 0 radical (unpaired) electrons. The summed E-state index contributed by atoms with van der Waals surface area (Å²) in [6.45, 7) is -0.518. The van der Waals surface area contributed by atoms with Crippen molar-refractivity contribution in [1.82, 2.24) is 0 Å². The normalized spacial score (nSPS) is 11.7. The van der Waals surface area contributed by atoms with Crippen molar-refractivity contribution in [1.29, 1.82) is 0 Å². The molecule has 0 saturated heterocycles. The predicted octanol–water partition coefficient (Wildman–Crippen LogP) is 0.643. The first-order valence-corrected chi connectivity index (χ1v) is 4.09. The Morgan fingerprint density at radius 3 is 2.50 bits per heavy atom. The summed E-state index contributed by atoms with van der Waals surface area (Å²) in [5, 5.41) is 26.6. The number of nitrogens with two attached hydrogens (primary N) is 1. The van der Waals surface area contributed by atoms with Gasteiger partial charge in [-0.15, -0.1) is 12.4 Å². The summed E-state index contributed by atoms with van der Waals surface area (Å²) < 4.78 is 13.0. The second-order valence-corrected chi connectivity index (χ2v) is 2.99. The van der Waals surface area contributed by atoms with E-state index >= 15 is 0 Å². The van der Waals surface area contributed by atoms with Gasteiger partial charge < -0.3 is 21.1 Å². The Balaban J connectivity index is 0.00000225. The molecule has 7 heteroatoms. The van der Waals surface area contributed by atoms with Crippen LogP contribution >= 0.6 is 12.4 Å². The van der Waals surface area contributed by atoms with Gasteiger partial charge in [-0.25, -0.2) is 9.18 Å². The van der Waals surface area contributed by atoms with Gasteiger partial charge in [-0.2, -0.15) is 0 Å². The van der Waals surface area contributed by atoms with Crippen LogP contribution in [0.1, 0.15) is 22.0 Å². The van der Waals surface area contributed by atoms with Gasteiger partial charge in [0.2, 0.25) is 0 Å². The molecule has 1 atom stereocenters. The van der Waals surface area contributed by atoms with E-state index in [0.29, 0.717) is 6.07 Å². The lowest BCUT2D eigenvalue weighted by Gasteiger charge is -2.12. The highest BCUT2D eigenvalue weighted by atomic mass is 35.5. The Kier molecular flexibility index (Phi) is 5.16. The van der Waals surface area contributed by atoms with Crippen LogP contribution in [0.5, 0.6) is 5.75 Å². The Morgan fingerprint density at radius 2 is 2.06 bits per heavy atom. The molecular formula is C9H11ClFNO4. The fraction of sp³-hybridized carbons (Fsp3) is 0.222. The van der Waals surface area contributed by atoms with Crippen molar-refractivity contribution in [2.24, 2.45) is 5.73 Å². The number of hydrogen-bond donors (Lipinski definition) is 4. The second kappa shape index (κ2) is 5.64. The average molecular weight is 252 g/mol. The van der Waals surface area contributed by atoms with E-state index in [0.717, 1.165) is 6.07 Å². The highest BCUT2D eigenvalue weighted by molar-refractivity contribution is 5.88. The zero-order valence-electron chi connectivity index (χ0n) is 8.05. The summed E-state index contributed by atoms with van der Waals surface area (Å²) in [6.07, 6.45) is 0. The maximum atomic E-state index is 13.0. The lowest BCUT2D eigenvalue weighted by atomic mass is 10.0. The summed E-state index contributed by atoms with van der Waals surface area (Å²) >= 11 is 0. The van der Waals surface area contributed by atoms with Crippen molar-refractivity contribution in [3.63, 3.8) is 0 Å². The highest BCUT2D eigenvalue weighted by Gasteiger charge is 2.17. The molecule has 0 heterocycles. The van der Waals surface area contributed by atoms with Gasteiger partial charge in [0, 0.05) is 5.56 Å². The van der Waals surface area contributed by atoms with E-state index in [-0.39, 0.29) is 23.5 Å². The molecule has 5 N–H and O–H groups in total. The third kappa shape index (κ3) is 2.82. The number of aromatic carboxylic acids is 1. The van der Waals surface area contributed by atoms with Crippen LogP contribution in [0.3, 0.4) is 0 Å². The van der Waals surface area contributed by atoms with Crippen LogP contribution in [0.15, 0.2) is 12.1 Å². The van der Waals surface area contributed by atoms with Gasteiger partial charge in [-0.3, -0.25) is 0 Å². The van der Waals surface area contributed by atoms with E-state index in [4.69, 9.17) is 15.9 Å². The molecular weight excluding hydrogens is 241 g/mol. The van der Waals surface area contributed by atoms with Crippen molar-refractivity contribution < 1.29 is 24.5 Å². The Bertz CT molecular complexity index is 399. The molecule has 0 aromatic heterocycles. The molecule has 5 nitrogen and oxygen atoms in total. The van der Waals surface area contributed by atoms with E-state index in [1.807, 2.05) is 0 Å². The van der Waals surface area contributed by atoms with Gasteiger partial charge in [0.05, 0.1) is 18.2 Å². The summed E-state index contributed by atoms with van der Waals surface area (Å²) in [4.78, 5) is 10.6. The fourth-order valence-corrected chi connectivity index (χ4v) is 1.12. The molecule has 1 rings (SSSR count). The Morgan fingerprint density at radius 1 is 1.50 bits per heavy atom. The van der Waals surface area contributed by atoms with Gasteiger partial charge in [0.25, 0.3) is 0 Å². The minimum atomic E-state index is -1.33. The molecule has 0 amide bonds. The van der Waals surface area contributed by atoms with Gasteiger partial charge in [0.1, 0.15) is 0 Å². The topological polar surface area (TPSA) is 104 Å². The molecule has 0 aliphatic heterocycles. The van der Waals surface area contributed by atoms with Crippen LogP contribution in [-0.4, -0.2) is 27.9 Å². The first-order valence-electron chi connectivity index (χ1n) is 4.09. The van der Waals surface area contributed by atoms with Crippen LogP contribution in [-0.2, 0) is 0 Å². The minimum absolute atomic E-state index is 0. The molecule has 0 fully saturated rings. The van der Waals surface area contributed by atoms with Crippen molar-refractivity contribution in [2.75, 3.05) is 6.61 Å². The minimum Gasteiger partial charge on any atom is -0.505 e. The van der Waals surface area contributed by atoms with Crippen molar-refractivity contribution >= 4 is 18.4 Å². The standard InChI is InChI=1S/C9H10FNO4.ClH/c10-6-2-4(9(14)15)1-5(8(6)13)7(11)3-12;/h1-2,7,12-13H,3,11H2,(H,14,15);1H/t7-;/m1./s1. The summed E-state index contributed by atoms with van der Waals surface area (Å²) in [6, 6.07) is 0.700. The summed E-state index contributed by atoms with van der Waals surface area (Å²) in [5.74, 6) is -3.14. The van der Waals surface area contributed by atoms with Crippen LogP contribution in [0.2, 0.25) is 0 Å². The number of aromatic hydroxyl groups is 1. The van der Waals surface area contributed by atoms with E-state index < -0.39 is 30.2 Å². The summed E-state index contributed by atoms with van der Waals surface area (Å²) in [7, 11) is 0. The van der Waals surface area contributed by atoms with Gasteiger partial charge in [0.15, 0.2) is 11.6 Å². The number of carboxylic acid groups (broad SMARTS) is 1. The molecule has 1 aromatic rings. The third-order valence-corrected chi connectivity index (χ3v) is 1.94. The monoisotopic (exact) mass is 251 g/mol. The van der Waals surface area contributed by atoms with Crippen molar-refractivity contribution in [3.8, 4) is 5.75 Å². The van der Waals surface area contributed by atoms with Crippen LogP contribution in [0.4, 0.5) is 4.39 Å². The summed E-state index contributed by atoms with van der Waals surface area (Å²) in [5.41, 5.74) is 4.90. The van der Waals surface area contributed by atoms with Gasteiger partial charge in [-0.1, -0.05) is 0 Å². The van der Waals surface area contributed by atoms with Crippen LogP contribution in [0, 0.1) is 5.82 Å². The maximum Gasteiger partial charge on any atom is 0.335 e. The molecule has 0 bridgehead atoms. The smallest absolute Gasteiger partial charge is 0.335 e. The number of carboxylic acids is 1. The predicted molar refractivity (Wildman–Crippen MR) is 56.3 cm³/mol. The fourth-order valence-electron chi connectivity index (χ4n) is 1.12. The molecule has 0 unspecified atom stereocenters. The average Bonchev–Trinajstić information content (AvgIpc) is 2.20. The number of aliphatic hydroxyl groups is 1. The first kappa shape index (κ1) is 14.6. The second-order valence-electron chi connectivity index (χ2n) is 2.99. The SMILES string of the molecule is Cl.N[C@H](CO)c1cc(C(=O)O)cc(F)c1O. The number of halogens is 2. The Hall–Kier alpha value is -1.37. The highest BCUT2D eigenvalue weighted by Crippen LogP contribution is 2.27. The number of phenolic OH excluding ortho intramolecular Hbond substituents is 1. The molecule has 0 spiro atoms. The number of rotatable bonds is 3. The number of benzene rings is 1. The zero-order valence-corrected chi connectivity index (χ0v) is 8.87. The lowest BCUT2D eigenvalue weighted by Crippen LogP contribution is -2.16. The molecule has 16 heavy (non-hydrogen) atoms. The first-order chi connectivity index (χ1) is 6.97. The number of carbonyl (C=O) groups is 1. The molecule has 0 aliphatic carbocycles. The van der Waals surface area contributed by atoms with Crippen molar-refractivity contribution in [3.05, 3.63) is 29.1 Å².